The first-order valence-corrected chi connectivity index (χ1v) is 7.46. The molecule has 2 nitrogen and oxygen atoms in total. The summed E-state index contributed by atoms with van der Waals surface area (Å²) in [7, 11) is 0. The van der Waals surface area contributed by atoms with E-state index in [0.29, 0.717) is 10.0 Å². The lowest BCUT2D eigenvalue weighted by molar-refractivity contribution is -0.0504. The van der Waals surface area contributed by atoms with Crippen LogP contribution in [0.5, 0.6) is 5.75 Å². The molecular formula is C14H10Br2F3NO. The highest BCUT2D eigenvalue weighted by atomic mass is 79.9. The van der Waals surface area contributed by atoms with Crippen molar-refractivity contribution in [2.45, 2.75) is 13.2 Å². The van der Waals surface area contributed by atoms with Crippen molar-refractivity contribution >= 4 is 37.5 Å². The van der Waals surface area contributed by atoms with E-state index in [2.05, 4.69) is 41.9 Å². The summed E-state index contributed by atoms with van der Waals surface area (Å²) in [6, 6.07) is 9.24. The normalized spacial score (nSPS) is 10.8. The van der Waals surface area contributed by atoms with Crippen molar-refractivity contribution in [2.24, 2.45) is 0 Å². The number of alkyl halides is 2. The molecule has 0 saturated heterocycles. The molecule has 112 valence electrons. The molecule has 21 heavy (non-hydrogen) atoms. The first-order chi connectivity index (χ1) is 9.95. The number of anilines is 1. The minimum Gasteiger partial charge on any atom is -0.434 e. The van der Waals surface area contributed by atoms with Crippen molar-refractivity contribution in [3.05, 3.63) is 56.7 Å². The van der Waals surface area contributed by atoms with Crippen LogP contribution in [0.15, 0.2) is 45.3 Å². The molecule has 0 heterocycles. The third-order valence-corrected chi connectivity index (χ3v) is 3.63. The lowest BCUT2D eigenvalue weighted by Crippen LogP contribution is -2.08. The van der Waals surface area contributed by atoms with Crippen LogP contribution in [0.3, 0.4) is 0 Å². The molecule has 0 spiro atoms. The Balaban J connectivity index is 2.16. The second-order valence-electron chi connectivity index (χ2n) is 4.11. The van der Waals surface area contributed by atoms with Crippen molar-refractivity contribution in [3.63, 3.8) is 0 Å². The summed E-state index contributed by atoms with van der Waals surface area (Å²) in [5.74, 6) is -0.381. The van der Waals surface area contributed by atoms with E-state index >= 15 is 0 Å². The summed E-state index contributed by atoms with van der Waals surface area (Å²) >= 11 is 6.42. The Labute approximate surface area is 136 Å². The number of benzene rings is 2. The van der Waals surface area contributed by atoms with Crippen LogP contribution in [0.4, 0.5) is 18.9 Å². The van der Waals surface area contributed by atoms with Crippen LogP contribution in [-0.4, -0.2) is 6.61 Å². The van der Waals surface area contributed by atoms with Gasteiger partial charge in [0.05, 0.1) is 5.69 Å². The van der Waals surface area contributed by atoms with Gasteiger partial charge in [-0.1, -0.05) is 31.9 Å². The van der Waals surface area contributed by atoms with E-state index in [-0.39, 0.29) is 18.0 Å². The minimum absolute atomic E-state index is 0.0539. The lowest BCUT2D eigenvalue weighted by atomic mass is 10.2. The number of hydrogen-bond acceptors (Lipinski definition) is 2. The maximum absolute atomic E-state index is 13.7. The molecule has 0 saturated carbocycles. The Bertz CT molecular complexity index is 638. The third kappa shape index (κ3) is 4.64. The van der Waals surface area contributed by atoms with Gasteiger partial charge in [0.25, 0.3) is 0 Å². The second kappa shape index (κ2) is 7.17. The first kappa shape index (κ1) is 16.2. The zero-order valence-electron chi connectivity index (χ0n) is 10.5. The van der Waals surface area contributed by atoms with Crippen LogP contribution in [0.2, 0.25) is 0 Å². The Hall–Kier alpha value is -1.21. The number of hydrogen-bond donors (Lipinski definition) is 1. The number of rotatable bonds is 5. The average Bonchev–Trinajstić information content (AvgIpc) is 2.40. The van der Waals surface area contributed by atoms with Crippen LogP contribution < -0.4 is 10.1 Å². The summed E-state index contributed by atoms with van der Waals surface area (Å²) in [6.07, 6.45) is 0. The summed E-state index contributed by atoms with van der Waals surface area (Å²) in [6.45, 7) is -2.76. The van der Waals surface area contributed by atoms with Crippen molar-refractivity contribution in [1.29, 1.82) is 0 Å². The summed E-state index contributed by atoms with van der Waals surface area (Å²) in [4.78, 5) is 0. The van der Waals surface area contributed by atoms with Crippen LogP contribution in [-0.2, 0) is 6.54 Å². The molecule has 0 atom stereocenters. The molecule has 0 aliphatic carbocycles. The monoisotopic (exact) mass is 423 g/mol. The molecule has 0 unspecified atom stereocenters. The SMILES string of the molecule is Fc1cc(Br)ccc1NCc1cc(Br)ccc1OC(F)F. The van der Waals surface area contributed by atoms with E-state index < -0.39 is 12.4 Å². The van der Waals surface area contributed by atoms with E-state index in [0.717, 1.165) is 4.47 Å². The van der Waals surface area contributed by atoms with Crippen molar-refractivity contribution in [2.75, 3.05) is 5.32 Å². The van der Waals surface area contributed by atoms with Gasteiger partial charge in [-0.05, 0) is 36.4 Å². The maximum Gasteiger partial charge on any atom is 0.387 e. The summed E-state index contributed by atoms with van der Waals surface area (Å²) in [5.41, 5.74) is 0.771. The fourth-order valence-electron chi connectivity index (χ4n) is 1.72. The van der Waals surface area contributed by atoms with Gasteiger partial charge in [0.1, 0.15) is 11.6 Å². The van der Waals surface area contributed by atoms with Gasteiger partial charge < -0.3 is 10.1 Å². The number of halogens is 5. The fourth-order valence-corrected chi connectivity index (χ4v) is 2.46. The van der Waals surface area contributed by atoms with Crippen LogP contribution in [0.25, 0.3) is 0 Å². The molecule has 2 rings (SSSR count). The standard InChI is InChI=1S/C14H10Br2F3NO/c15-9-2-4-13(21-14(18)19)8(5-9)7-20-12-3-1-10(16)6-11(12)17/h1-6,14,20H,7H2. The van der Waals surface area contributed by atoms with Crippen LogP contribution in [0, 0.1) is 5.82 Å². The second-order valence-corrected chi connectivity index (χ2v) is 5.94. The van der Waals surface area contributed by atoms with Crippen LogP contribution in [0.1, 0.15) is 5.56 Å². The highest BCUT2D eigenvalue weighted by molar-refractivity contribution is 9.10. The zero-order valence-corrected chi connectivity index (χ0v) is 13.7. The topological polar surface area (TPSA) is 21.3 Å². The van der Waals surface area contributed by atoms with E-state index in [1.807, 2.05) is 0 Å². The molecule has 2 aromatic carbocycles. The van der Waals surface area contributed by atoms with Crippen molar-refractivity contribution in [1.82, 2.24) is 0 Å². The van der Waals surface area contributed by atoms with Gasteiger partial charge in [-0.25, -0.2) is 4.39 Å². The van der Waals surface area contributed by atoms with E-state index in [4.69, 9.17) is 0 Å². The largest absolute Gasteiger partial charge is 0.434 e. The minimum atomic E-state index is -2.91. The summed E-state index contributed by atoms with van der Waals surface area (Å²) < 4.78 is 44.2. The molecule has 0 amide bonds. The van der Waals surface area contributed by atoms with Gasteiger partial charge >= 0.3 is 6.61 Å². The quantitative estimate of drug-likeness (QED) is 0.677. The molecular weight excluding hydrogens is 415 g/mol. The van der Waals surface area contributed by atoms with E-state index in [1.54, 1.807) is 24.3 Å². The number of ether oxygens (including phenoxy) is 1. The predicted octanol–water partition coefficient (Wildman–Crippen LogP) is 5.56. The molecule has 2 aromatic rings. The molecule has 7 heteroatoms. The fraction of sp³-hybridized carbons (Fsp3) is 0.143. The molecule has 0 radical (unpaired) electrons. The highest BCUT2D eigenvalue weighted by Crippen LogP contribution is 2.26. The maximum atomic E-state index is 13.7. The van der Waals surface area contributed by atoms with Gasteiger partial charge in [-0.2, -0.15) is 8.78 Å². The van der Waals surface area contributed by atoms with Crippen molar-refractivity contribution < 1.29 is 17.9 Å². The Morgan fingerprint density at radius 3 is 2.38 bits per heavy atom. The van der Waals surface area contributed by atoms with Crippen molar-refractivity contribution in [3.8, 4) is 5.75 Å². The predicted molar refractivity (Wildman–Crippen MR) is 82.2 cm³/mol. The smallest absolute Gasteiger partial charge is 0.387 e. The van der Waals surface area contributed by atoms with E-state index in [9.17, 15) is 13.2 Å². The zero-order chi connectivity index (χ0) is 15.4. The third-order valence-electron chi connectivity index (χ3n) is 2.64. The Morgan fingerprint density at radius 2 is 1.71 bits per heavy atom. The van der Waals surface area contributed by atoms with Gasteiger partial charge in [0.2, 0.25) is 0 Å². The molecule has 0 aromatic heterocycles. The lowest BCUT2D eigenvalue weighted by Gasteiger charge is -2.13. The molecule has 0 bridgehead atoms. The summed E-state index contributed by atoms with van der Waals surface area (Å²) in [5, 5.41) is 2.86. The van der Waals surface area contributed by atoms with Gasteiger partial charge in [-0.3, -0.25) is 0 Å². The number of nitrogens with one attached hydrogen (secondary N) is 1. The Morgan fingerprint density at radius 1 is 1.05 bits per heavy atom. The highest BCUT2D eigenvalue weighted by Gasteiger charge is 2.11. The van der Waals surface area contributed by atoms with Gasteiger partial charge in [0, 0.05) is 21.1 Å². The molecule has 0 aliphatic heterocycles. The first-order valence-electron chi connectivity index (χ1n) is 5.88. The van der Waals surface area contributed by atoms with E-state index in [1.165, 1.54) is 12.1 Å². The average molecular weight is 425 g/mol. The molecule has 0 aliphatic rings. The van der Waals surface area contributed by atoms with Crippen LogP contribution >= 0.6 is 31.9 Å². The van der Waals surface area contributed by atoms with Gasteiger partial charge in [-0.15, -0.1) is 0 Å². The molecule has 0 fully saturated rings. The van der Waals surface area contributed by atoms with Gasteiger partial charge in [0.15, 0.2) is 0 Å². The molecule has 1 N–H and O–H groups in total. The Kier molecular flexibility index (Phi) is 5.52.